The number of amides is 1. The molecule has 2 heterocycles. The van der Waals surface area contributed by atoms with Gasteiger partial charge in [0.2, 0.25) is 15.9 Å². The summed E-state index contributed by atoms with van der Waals surface area (Å²) < 4.78 is 29.6. The molecule has 1 fully saturated rings. The van der Waals surface area contributed by atoms with Crippen molar-refractivity contribution in [2.45, 2.75) is 30.7 Å². The lowest BCUT2D eigenvalue weighted by atomic mass is 10.3. The predicted octanol–water partition coefficient (Wildman–Crippen LogP) is 2.53. The summed E-state index contributed by atoms with van der Waals surface area (Å²) in [7, 11) is -3.58. The van der Waals surface area contributed by atoms with E-state index in [0.29, 0.717) is 32.5 Å². The van der Waals surface area contributed by atoms with E-state index in [1.807, 2.05) is 28.8 Å². The van der Waals surface area contributed by atoms with Gasteiger partial charge in [0, 0.05) is 31.7 Å². The van der Waals surface area contributed by atoms with Crippen LogP contribution in [0.15, 0.2) is 59.8 Å². The van der Waals surface area contributed by atoms with Gasteiger partial charge >= 0.3 is 0 Å². The van der Waals surface area contributed by atoms with Gasteiger partial charge in [-0.15, -0.1) is 0 Å². The predicted molar refractivity (Wildman–Crippen MR) is 108 cm³/mol. The van der Waals surface area contributed by atoms with Crippen LogP contribution in [0.3, 0.4) is 0 Å². The van der Waals surface area contributed by atoms with E-state index in [4.69, 9.17) is 0 Å². The number of anilines is 1. The highest BCUT2D eigenvalue weighted by molar-refractivity contribution is 7.89. The number of benzene rings is 2. The molecule has 28 heavy (non-hydrogen) atoms. The first-order valence-electron chi connectivity index (χ1n) is 9.34. The Morgan fingerprint density at radius 2 is 1.86 bits per heavy atom. The minimum Gasteiger partial charge on any atom is -0.331 e. The summed E-state index contributed by atoms with van der Waals surface area (Å²) in [6, 6.07) is 14.3. The molecule has 0 atom stereocenters. The van der Waals surface area contributed by atoms with Crippen molar-refractivity contribution in [3.8, 4) is 0 Å². The monoisotopic (exact) mass is 398 g/mol. The van der Waals surface area contributed by atoms with Crippen LogP contribution in [0.5, 0.6) is 0 Å². The van der Waals surface area contributed by atoms with E-state index in [0.717, 1.165) is 23.1 Å². The number of nitrogens with zero attached hydrogens (tertiary/aromatic N) is 3. The summed E-state index contributed by atoms with van der Waals surface area (Å²) in [4.78, 5) is 18.0. The molecule has 0 spiro atoms. The maximum absolute atomic E-state index is 12.5. The van der Waals surface area contributed by atoms with Crippen LogP contribution in [0.1, 0.15) is 19.3 Å². The first-order chi connectivity index (χ1) is 13.5. The Bertz CT molecular complexity index is 1090. The van der Waals surface area contributed by atoms with Crippen molar-refractivity contribution in [3.05, 3.63) is 54.9 Å². The van der Waals surface area contributed by atoms with Gasteiger partial charge in [0.15, 0.2) is 0 Å². The number of aromatic nitrogens is 2. The number of imidazole rings is 1. The Morgan fingerprint density at radius 3 is 2.61 bits per heavy atom. The molecule has 1 aliphatic heterocycles. The second-order valence-electron chi connectivity index (χ2n) is 6.82. The van der Waals surface area contributed by atoms with E-state index in [1.54, 1.807) is 35.5 Å². The van der Waals surface area contributed by atoms with Crippen molar-refractivity contribution in [3.63, 3.8) is 0 Å². The van der Waals surface area contributed by atoms with Crippen molar-refractivity contribution in [2.75, 3.05) is 18.0 Å². The van der Waals surface area contributed by atoms with E-state index in [1.165, 1.54) is 0 Å². The van der Waals surface area contributed by atoms with Gasteiger partial charge in [-0.05, 0) is 49.2 Å². The average molecular weight is 398 g/mol. The van der Waals surface area contributed by atoms with Crippen LogP contribution in [-0.4, -0.2) is 37.0 Å². The van der Waals surface area contributed by atoms with Crippen molar-refractivity contribution in [2.24, 2.45) is 0 Å². The third kappa shape index (κ3) is 3.79. The zero-order valence-electron chi connectivity index (χ0n) is 15.4. The second-order valence-corrected chi connectivity index (χ2v) is 8.59. The second kappa shape index (κ2) is 7.73. The average Bonchev–Trinajstić information content (AvgIpc) is 3.32. The van der Waals surface area contributed by atoms with Crippen molar-refractivity contribution >= 4 is 32.7 Å². The van der Waals surface area contributed by atoms with Crippen LogP contribution in [0.25, 0.3) is 11.0 Å². The summed E-state index contributed by atoms with van der Waals surface area (Å²) in [5, 5.41) is 0. The lowest BCUT2D eigenvalue weighted by Crippen LogP contribution is -2.26. The van der Waals surface area contributed by atoms with E-state index in [-0.39, 0.29) is 10.8 Å². The molecule has 1 saturated heterocycles. The normalized spacial score (nSPS) is 14.9. The summed E-state index contributed by atoms with van der Waals surface area (Å²) >= 11 is 0. The molecule has 2 aromatic carbocycles. The molecule has 0 bridgehead atoms. The molecule has 1 amide bonds. The molecule has 0 unspecified atom stereocenters. The number of carbonyl (C=O) groups is 1. The Labute approximate surface area is 164 Å². The smallest absolute Gasteiger partial charge is 0.240 e. The third-order valence-corrected chi connectivity index (χ3v) is 6.40. The van der Waals surface area contributed by atoms with Gasteiger partial charge in [-0.3, -0.25) is 4.79 Å². The summed E-state index contributed by atoms with van der Waals surface area (Å²) in [5.41, 5.74) is 2.71. The molecule has 146 valence electrons. The molecular weight excluding hydrogens is 376 g/mol. The number of sulfonamides is 1. The molecule has 0 radical (unpaired) electrons. The molecule has 1 aromatic heterocycles. The topological polar surface area (TPSA) is 84.3 Å². The van der Waals surface area contributed by atoms with Gasteiger partial charge in [0.25, 0.3) is 0 Å². The SMILES string of the molecule is O=C1CCCN1c1ccc(S(=O)(=O)NCCCn2cnc3ccccc32)cc1. The Morgan fingerprint density at radius 1 is 1.07 bits per heavy atom. The molecule has 3 aromatic rings. The molecule has 7 nitrogen and oxygen atoms in total. The molecule has 4 rings (SSSR count). The van der Waals surface area contributed by atoms with Crippen LogP contribution in [0, 0.1) is 0 Å². The van der Waals surface area contributed by atoms with Crippen molar-refractivity contribution in [1.29, 1.82) is 0 Å². The first kappa shape index (κ1) is 18.6. The minimum absolute atomic E-state index is 0.0840. The highest BCUT2D eigenvalue weighted by Crippen LogP contribution is 2.23. The molecular formula is C20H22N4O3S. The Kier molecular flexibility index (Phi) is 5.15. The lowest BCUT2D eigenvalue weighted by Gasteiger charge is -2.16. The van der Waals surface area contributed by atoms with Gasteiger partial charge in [-0.1, -0.05) is 12.1 Å². The third-order valence-electron chi connectivity index (χ3n) is 4.93. The quantitative estimate of drug-likeness (QED) is 0.620. The number of nitrogens with one attached hydrogen (secondary N) is 1. The lowest BCUT2D eigenvalue weighted by molar-refractivity contribution is -0.117. The number of carbonyl (C=O) groups excluding carboxylic acids is 1. The van der Waals surface area contributed by atoms with E-state index in [9.17, 15) is 13.2 Å². The van der Waals surface area contributed by atoms with Gasteiger partial charge < -0.3 is 9.47 Å². The summed E-state index contributed by atoms with van der Waals surface area (Å²) in [6.45, 7) is 1.70. The molecule has 8 heteroatoms. The van der Waals surface area contributed by atoms with E-state index in [2.05, 4.69) is 9.71 Å². The summed E-state index contributed by atoms with van der Waals surface area (Å²) in [5.74, 6) is 0.0840. The van der Waals surface area contributed by atoms with Crippen LogP contribution < -0.4 is 9.62 Å². The van der Waals surface area contributed by atoms with Crippen LogP contribution in [0.2, 0.25) is 0 Å². The largest absolute Gasteiger partial charge is 0.331 e. The van der Waals surface area contributed by atoms with E-state index >= 15 is 0 Å². The molecule has 1 aliphatic rings. The molecule has 0 aliphatic carbocycles. The van der Waals surface area contributed by atoms with Crippen LogP contribution >= 0.6 is 0 Å². The maximum Gasteiger partial charge on any atom is 0.240 e. The molecule has 0 saturated carbocycles. The van der Waals surface area contributed by atoms with Crippen LogP contribution in [-0.2, 0) is 21.4 Å². The van der Waals surface area contributed by atoms with E-state index < -0.39 is 10.0 Å². The number of hydrogen-bond donors (Lipinski definition) is 1. The number of rotatable bonds is 7. The zero-order valence-corrected chi connectivity index (χ0v) is 16.2. The zero-order chi connectivity index (χ0) is 19.6. The Balaban J connectivity index is 1.34. The Hall–Kier alpha value is -2.71. The maximum atomic E-state index is 12.5. The van der Waals surface area contributed by atoms with Crippen LogP contribution in [0.4, 0.5) is 5.69 Å². The number of fused-ring (bicyclic) bond motifs is 1. The fraction of sp³-hybridized carbons (Fsp3) is 0.300. The van der Waals surface area contributed by atoms with Gasteiger partial charge in [-0.2, -0.15) is 0 Å². The number of hydrogen-bond acceptors (Lipinski definition) is 4. The first-order valence-corrected chi connectivity index (χ1v) is 10.8. The summed E-state index contributed by atoms with van der Waals surface area (Å²) in [6.07, 6.45) is 3.82. The minimum atomic E-state index is -3.58. The van der Waals surface area contributed by atoms with Gasteiger partial charge in [0.05, 0.1) is 22.3 Å². The fourth-order valence-electron chi connectivity index (χ4n) is 3.45. The van der Waals surface area contributed by atoms with Gasteiger partial charge in [0.1, 0.15) is 0 Å². The molecule has 1 N–H and O–H groups in total. The fourth-order valence-corrected chi connectivity index (χ4v) is 4.53. The number of aryl methyl sites for hydroxylation is 1. The highest BCUT2D eigenvalue weighted by atomic mass is 32.2. The van der Waals surface area contributed by atoms with Gasteiger partial charge in [-0.25, -0.2) is 18.1 Å². The van der Waals surface area contributed by atoms with Crippen molar-refractivity contribution < 1.29 is 13.2 Å². The standard InChI is InChI=1S/C20H22N4O3S/c25-20-7-3-14-24(20)16-8-10-17(11-9-16)28(26,27)22-12-4-13-23-15-21-18-5-1-2-6-19(18)23/h1-2,5-6,8-11,15,22H,3-4,7,12-14H2. The number of para-hydroxylation sites is 2. The highest BCUT2D eigenvalue weighted by Gasteiger charge is 2.22. The van der Waals surface area contributed by atoms with Crippen molar-refractivity contribution in [1.82, 2.24) is 14.3 Å².